The van der Waals surface area contributed by atoms with Crippen molar-refractivity contribution in [1.29, 1.82) is 0 Å². The normalized spacial score (nSPS) is 12.9. The van der Waals surface area contributed by atoms with Crippen molar-refractivity contribution in [1.82, 2.24) is 10.3 Å². The second kappa shape index (κ2) is 6.44. The van der Waals surface area contributed by atoms with Gasteiger partial charge < -0.3 is 5.32 Å². The lowest BCUT2D eigenvalue weighted by Crippen LogP contribution is -2.22. The van der Waals surface area contributed by atoms with Gasteiger partial charge in [-0.2, -0.15) is 0 Å². The summed E-state index contributed by atoms with van der Waals surface area (Å²) < 4.78 is 1.25. The predicted octanol–water partition coefficient (Wildman–Crippen LogP) is 5.21. The van der Waals surface area contributed by atoms with Gasteiger partial charge in [-0.3, -0.25) is 0 Å². The van der Waals surface area contributed by atoms with E-state index in [1.807, 2.05) is 6.07 Å². The Morgan fingerprint density at radius 1 is 1.33 bits per heavy atom. The van der Waals surface area contributed by atoms with E-state index in [0.29, 0.717) is 0 Å². The quantitative estimate of drug-likeness (QED) is 0.691. The molecule has 1 atom stereocenters. The third kappa shape index (κ3) is 3.14. The van der Waals surface area contributed by atoms with E-state index in [1.54, 1.807) is 22.7 Å². The van der Waals surface area contributed by atoms with Gasteiger partial charge in [0, 0.05) is 17.3 Å². The number of halogens is 1. The van der Waals surface area contributed by atoms with Gasteiger partial charge in [0.2, 0.25) is 0 Å². The van der Waals surface area contributed by atoms with Gasteiger partial charge in [0.1, 0.15) is 0 Å². The molecule has 5 heteroatoms. The summed E-state index contributed by atoms with van der Waals surface area (Å²) in [5.41, 5.74) is 2.24. The first kappa shape index (κ1) is 15.0. The van der Waals surface area contributed by atoms with Crippen molar-refractivity contribution in [2.24, 2.45) is 0 Å². The number of rotatable bonds is 5. The molecular formula is C16H17ClN2S2. The first-order valence-corrected chi connectivity index (χ1v) is 9.07. The van der Waals surface area contributed by atoms with Crippen molar-refractivity contribution in [2.45, 2.75) is 26.3 Å². The fourth-order valence-electron chi connectivity index (χ4n) is 2.37. The number of nitrogens with one attached hydrogen (secondary N) is 1. The largest absolute Gasteiger partial charge is 0.309 e. The Balaban J connectivity index is 1.89. The van der Waals surface area contributed by atoms with Crippen LogP contribution in [0.2, 0.25) is 5.02 Å². The standard InChI is InChI=1S/C16H17ClN2S2/c1-3-18-12(16-15(17)10(2)9-20-16)8-14-19-11-6-4-5-7-13(11)21-14/h4-7,9,12,18H,3,8H2,1-2H3. The van der Waals surface area contributed by atoms with Gasteiger partial charge in [-0.1, -0.05) is 30.7 Å². The highest BCUT2D eigenvalue weighted by Gasteiger charge is 2.19. The number of thiazole rings is 1. The lowest BCUT2D eigenvalue weighted by atomic mass is 10.1. The summed E-state index contributed by atoms with van der Waals surface area (Å²) in [4.78, 5) is 5.95. The van der Waals surface area contributed by atoms with Crippen LogP contribution in [-0.2, 0) is 6.42 Å². The summed E-state index contributed by atoms with van der Waals surface area (Å²) in [5, 5.41) is 7.72. The van der Waals surface area contributed by atoms with E-state index in [0.717, 1.165) is 34.1 Å². The SMILES string of the molecule is CCNC(Cc1nc2ccccc2s1)c1scc(C)c1Cl. The molecule has 0 amide bonds. The van der Waals surface area contributed by atoms with Crippen molar-refractivity contribution in [2.75, 3.05) is 6.54 Å². The van der Waals surface area contributed by atoms with E-state index in [4.69, 9.17) is 16.6 Å². The fraction of sp³-hybridized carbons (Fsp3) is 0.312. The van der Waals surface area contributed by atoms with E-state index in [9.17, 15) is 0 Å². The number of nitrogens with zero attached hydrogens (tertiary/aromatic N) is 1. The maximum Gasteiger partial charge on any atom is 0.0957 e. The average molecular weight is 337 g/mol. The first-order valence-electron chi connectivity index (χ1n) is 7.00. The molecule has 3 rings (SSSR count). The van der Waals surface area contributed by atoms with E-state index in [1.165, 1.54) is 9.58 Å². The van der Waals surface area contributed by atoms with Gasteiger partial charge in [0.05, 0.1) is 20.2 Å². The molecule has 2 heterocycles. The fourth-order valence-corrected chi connectivity index (χ4v) is 4.78. The summed E-state index contributed by atoms with van der Waals surface area (Å²) in [5.74, 6) is 0. The Kier molecular flexibility index (Phi) is 4.60. The molecule has 0 aliphatic rings. The number of hydrogen-bond donors (Lipinski definition) is 1. The third-order valence-electron chi connectivity index (χ3n) is 3.41. The van der Waals surface area contributed by atoms with Gasteiger partial charge in [-0.15, -0.1) is 22.7 Å². The molecule has 0 aliphatic heterocycles. The molecule has 0 bridgehead atoms. The van der Waals surface area contributed by atoms with Crippen molar-refractivity contribution in [3.05, 3.63) is 50.1 Å². The smallest absolute Gasteiger partial charge is 0.0957 e. The monoisotopic (exact) mass is 336 g/mol. The van der Waals surface area contributed by atoms with Crippen LogP contribution in [0.1, 0.15) is 28.4 Å². The molecular weight excluding hydrogens is 320 g/mol. The molecule has 0 fully saturated rings. The van der Waals surface area contributed by atoms with E-state index in [2.05, 4.69) is 42.7 Å². The zero-order chi connectivity index (χ0) is 14.8. The van der Waals surface area contributed by atoms with E-state index < -0.39 is 0 Å². The Bertz CT molecular complexity index is 715. The van der Waals surface area contributed by atoms with Crippen LogP contribution in [-0.4, -0.2) is 11.5 Å². The van der Waals surface area contributed by atoms with E-state index >= 15 is 0 Å². The number of hydrogen-bond acceptors (Lipinski definition) is 4. The highest BCUT2D eigenvalue weighted by atomic mass is 35.5. The number of aromatic nitrogens is 1. The molecule has 1 aromatic carbocycles. The number of thiophene rings is 1. The van der Waals surface area contributed by atoms with Crippen LogP contribution in [0.15, 0.2) is 29.6 Å². The van der Waals surface area contributed by atoms with Crippen LogP contribution >= 0.6 is 34.3 Å². The summed E-state index contributed by atoms with van der Waals surface area (Å²) in [7, 11) is 0. The van der Waals surface area contributed by atoms with Crippen LogP contribution in [0.25, 0.3) is 10.2 Å². The summed E-state index contributed by atoms with van der Waals surface area (Å²) in [6, 6.07) is 8.53. The molecule has 1 unspecified atom stereocenters. The van der Waals surface area contributed by atoms with E-state index in [-0.39, 0.29) is 6.04 Å². The highest BCUT2D eigenvalue weighted by Crippen LogP contribution is 2.35. The zero-order valence-electron chi connectivity index (χ0n) is 12.0. The molecule has 0 spiro atoms. The Labute approximate surface area is 137 Å². The van der Waals surface area contributed by atoms with Gasteiger partial charge in [-0.05, 0) is 36.5 Å². The molecule has 0 saturated heterocycles. The van der Waals surface area contributed by atoms with Crippen LogP contribution in [0, 0.1) is 6.92 Å². The van der Waals surface area contributed by atoms with Crippen molar-refractivity contribution in [3.8, 4) is 0 Å². The number of likely N-dealkylation sites (N-methyl/N-ethyl adjacent to an activating group) is 1. The molecule has 2 nitrogen and oxygen atoms in total. The number of fused-ring (bicyclic) bond motifs is 1. The predicted molar refractivity (Wildman–Crippen MR) is 93.8 cm³/mol. The van der Waals surface area contributed by atoms with Gasteiger partial charge in [-0.25, -0.2) is 4.98 Å². The number of benzene rings is 1. The van der Waals surface area contributed by atoms with Crippen molar-refractivity contribution in [3.63, 3.8) is 0 Å². The summed E-state index contributed by atoms with van der Waals surface area (Å²) in [6.07, 6.45) is 0.882. The maximum atomic E-state index is 6.44. The second-order valence-corrected chi connectivity index (χ2v) is 7.39. The maximum absolute atomic E-state index is 6.44. The highest BCUT2D eigenvalue weighted by molar-refractivity contribution is 7.18. The first-order chi connectivity index (χ1) is 10.2. The minimum atomic E-state index is 0.238. The van der Waals surface area contributed by atoms with Crippen LogP contribution in [0.4, 0.5) is 0 Å². The molecule has 1 N–H and O–H groups in total. The van der Waals surface area contributed by atoms with Gasteiger partial charge >= 0.3 is 0 Å². The summed E-state index contributed by atoms with van der Waals surface area (Å²) >= 11 is 9.94. The molecule has 110 valence electrons. The van der Waals surface area contributed by atoms with Crippen molar-refractivity contribution < 1.29 is 0 Å². The molecule has 21 heavy (non-hydrogen) atoms. The van der Waals surface area contributed by atoms with Gasteiger partial charge in [0.15, 0.2) is 0 Å². The Hall–Kier alpha value is -0.940. The number of para-hydroxylation sites is 1. The minimum Gasteiger partial charge on any atom is -0.309 e. The lowest BCUT2D eigenvalue weighted by molar-refractivity contribution is 0.557. The summed E-state index contributed by atoms with van der Waals surface area (Å²) in [6.45, 7) is 5.10. The van der Waals surface area contributed by atoms with Crippen molar-refractivity contribution >= 4 is 44.5 Å². The molecule has 2 aromatic heterocycles. The zero-order valence-corrected chi connectivity index (χ0v) is 14.4. The second-order valence-electron chi connectivity index (χ2n) is 4.99. The molecule has 0 radical (unpaired) electrons. The average Bonchev–Trinajstić information content (AvgIpc) is 3.02. The lowest BCUT2D eigenvalue weighted by Gasteiger charge is -2.15. The number of aryl methyl sites for hydroxylation is 1. The van der Waals surface area contributed by atoms with Crippen LogP contribution in [0.5, 0.6) is 0 Å². The Morgan fingerprint density at radius 2 is 2.14 bits per heavy atom. The molecule has 0 saturated carbocycles. The topological polar surface area (TPSA) is 24.9 Å². The van der Waals surface area contributed by atoms with Gasteiger partial charge in [0.25, 0.3) is 0 Å². The molecule has 3 aromatic rings. The molecule has 0 aliphatic carbocycles. The minimum absolute atomic E-state index is 0.238. The Morgan fingerprint density at radius 3 is 2.81 bits per heavy atom. The van der Waals surface area contributed by atoms with Crippen LogP contribution in [0.3, 0.4) is 0 Å². The van der Waals surface area contributed by atoms with Crippen LogP contribution < -0.4 is 5.32 Å². The third-order valence-corrected chi connectivity index (χ3v) is 6.30.